The monoisotopic (exact) mass is 169 g/mol. The number of fused-ring (bicyclic) bond motifs is 1. The smallest absolute Gasteiger partial charge is 0.160 e. The first-order valence-electron chi connectivity index (χ1n) is 3.91. The molecule has 1 aromatic rings. The SMILES string of the molecule is N#CC1=NNc2ccccc2C=C1. The van der Waals surface area contributed by atoms with Crippen molar-refractivity contribution in [3.05, 3.63) is 35.9 Å². The summed E-state index contributed by atoms with van der Waals surface area (Å²) in [6, 6.07) is 9.74. The lowest BCUT2D eigenvalue weighted by atomic mass is 10.1. The lowest BCUT2D eigenvalue weighted by Crippen LogP contribution is -1.93. The van der Waals surface area contributed by atoms with Crippen molar-refractivity contribution >= 4 is 17.5 Å². The molecule has 0 fully saturated rings. The van der Waals surface area contributed by atoms with E-state index in [1.165, 1.54) is 0 Å². The minimum atomic E-state index is 0.385. The van der Waals surface area contributed by atoms with Crippen LogP contribution in [0.25, 0.3) is 6.08 Å². The molecule has 13 heavy (non-hydrogen) atoms. The molecular formula is C10H7N3. The molecule has 0 bridgehead atoms. The number of hydrogen-bond donors (Lipinski definition) is 1. The number of para-hydroxylation sites is 1. The predicted molar refractivity (Wildman–Crippen MR) is 52.1 cm³/mol. The summed E-state index contributed by atoms with van der Waals surface area (Å²) in [6.45, 7) is 0. The molecular weight excluding hydrogens is 162 g/mol. The van der Waals surface area contributed by atoms with E-state index in [1.54, 1.807) is 6.08 Å². The molecule has 1 N–H and O–H groups in total. The van der Waals surface area contributed by atoms with E-state index in [0.29, 0.717) is 5.71 Å². The van der Waals surface area contributed by atoms with Crippen molar-refractivity contribution in [2.24, 2.45) is 5.10 Å². The third-order valence-electron chi connectivity index (χ3n) is 1.79. The number of nitrogens with zero attached hydrogens (tertiary/aromatic N) is 2. The Morgan fingerprint density at radius 2 is 2.08 bits per heavy atom. The Balaban J connectivity index is 2.46. The first-order chi connectivity index (χ1) is 6.40. The molecule has 0 saturated carbocycles. The highest BCUT2D eigenvalue weighted by Gasteiger charge is 2.01. The maximum absolute atomic E-state index is 8.62. The molecule has 0 saturated heterocycles. The Morgan fingerprint density at radius 3 is 2.92 bits per heavy atom. The fraction of sp³-hybridized carbons (Fsp3) is 0. The van der Waals surface area contributed by atoms with Gasteiger partial charge in [-0.05, 0) is 23.8 Å². The fourth-order valence-corrected chi connectivity index (χ4v) is 1.13. The standard InChI is InChI=1S/C10H7N3/c11-7-9-6-5-8-3-1-2-4-10(8)13-12-9/h1-6,13H. The predicted octanol–water partition coefficient (Wildman–Crippen LogP) is 2.00. The number of benzene rings is 1. The molecule has 3 nitrogen and oxygen atoms in total. The highest BCUT2D eigenvalue weighted by molar-refractivity contribution is 6.10. The van der Waals surface area contributed by atoms with Gasteiger partial charge in [-0.25, -0.2) is 0 Å². The molecule has 0 radical (unpaired) electrons. The zero-order chi connectivity index (χ0) is 9.10. The molecule has 1 aliphatic rings. The lowest BCUT2D eigenvalue weighted by Gasteiger charge is -2.01. The summed E-state index contributed by atoms with van der Waals surface area (Å²) in [5.41, 5.74) is 5.17. The minimum absolute atomic E-state index is 0.385. The average molecular weight is 169 g/mol. The molecule has 3 heteroatoms. The molecule has 0 spiro atoms. The van der Waals surface area contributed by atoms with Crippen molar-refractivity contribution in [1.82, 2.24) is 0 Å². The third kappa shape index (κ3) is 1.42. The van der Waals surface area contributed by atoms with Gasteiger partial charge in [0.05, 0.1) is 5.69 Å². The van der Waals surface area contributed by atoms with Crippen LogP contribution in [0.15, 0.2) is 35.4 Å². The minimum Gasteiger partial charge on any atom is -0.277 e. The van der Waals surface area contributed by atoms with Crippen molar-refractivity contribution in [2.45, 2.75) is 0 Å². The number of anilines is 1. The summed E-state index contributed by atoms with van der Waals surface area (Å²) in [6.07, 6.45) is 3.57. The van der Waals surface area contributed by atoms with Crippen LogP contribution < -0.4 is 5.43 Å². The molecule has 1 heterocycles. The Morgan fingerprint density at radius 1 is 1.23 bits per heavy atom. The Bertz CT molecular complexity index is 424. The van der Waals surface area contributed by atoms with Crippen LogP contribution >= 0.6 is 0 Å². The van der Waals surface area contributed by atoms with Crippen LogP contribution in [0.3, 0.4) is 0 Å². The van der Waals surface area contributed by atoms with E-state index in [9.17, 15) is 0 Å². The summed E-state index contributed by atoms with van der Waals surface area (Å²) in [7, 11) is 0. The van der Waals surface area contributed by atoms with Gasteiger partial charge in [0.25, 0.3) is 0 Å². The first kappa shape index (κ1) is 7.56. The largest absolute Gasteiger partial charge is 0.277 e. The number of nitriles is 1. The third-order valence-corrected chi connectivity index (χ3v) is 1.79. The Hall–Kier alpha value is -2.08. The van der Waals surface area contributed by atoms with Gasteiger partial charge in [-0.15, -0.1) is 0 Å². The van der Waals surface area contributed by atoms with Crippen molar-refractivity contribution in [2.75, 3.05) is 5.43 Å². The second-order valence-corrected chi connectivity index (χ2v) is 2.64. The number of nitrogens with one attached hydrogen (secondary N) is 1. The highest BCUT2D eigenvalue weighted by atomic mass is 15.3. The van der Waals surface area contributed by atoms with Gasteiger partial charge in [0.1, 0.15) is 6.07 Å². The van der Waals surface area contributed by atoms with E-state index in [2.05, 4.69) is 10.5 Å². The van der Waals surface area contributed by atoms with Gasteiger partial charge in [0.2, 0.25) is 0 Å². The van der Waals surface area contributed by atoms with Gasteiger partial charge in [-0.1, -0.05) is 18.2 Å². The molecule has 1 aromatic carbocycles. The first-order valence-corrected chi connectivity index (χ1v) is 3.91. The number of hydrogen-bond acceptors (Lipinski definition) is 3. The summed E-state index contributed by atoms with van der Waals surface area (Å²) >= 11 is 0. The summed E-state index contributed by atoms with van der Waals surface area (Å²) in [5.74, 6) is 0. The molecule has 0 unspecified atom stereocenters. The van der Waals surface area contributed by atoms with E-state index >= 15 is 0 Å². The molecule has 0 aromatic heterocycles. The number of allylic oxidation sites excluding steroid dienone is 1. The van der Waals surface area contributed by atoms with Gasteiger partial charge in [-0.2, -0.15) is 10.4 Å². The van der Waals surface area contributed by atoms with Crippen molar-refractivity contribution < 1.29 is 0 Å². The quantitative estimate of drug-likeness (QED) is 0.645. The zero-order valence-electron chi connectivity index (χ0n) is 6.86. The van der Waals surface area contributed by atoms with Gasteiger partial charge >= 0.3 is 0 Å². The van der Waals surface area contributed by atoms with Crippen molar-refractivity contribution in [3.8, 4) is 6.07 Å². The van der Waals surface area contributed by atoms with Crippen LogP contribution in [0.1, 0.15) is 5.56 Å². The van der Waals surface area contributed by atoms with Gasteiger partial charge in [-0.3, -0.25) is 5.43 Å². The van der Waals surface area contributed by atoms with E-state index in [1.807, 2.05) is 36.4 Å². The van der Waals surface area contributed by atoms with Crippen LogP contribution in [-0.4, -0.2) is 5.71 Å². The highest BCUT2D eigenvalue weighted by Crippen LogP contribution is 2.18. The average Bonchev–Trinajstić information content (AvgIpc) is 2.39. The fourth-order valence-electron chi connectivity index (χ4n) is 1.13. The molecule has 0 aliphatic carbocycles. The lowest BCUT2D eigenvalue weighted by molar-refractivity contribution is 1.34. The molecule has 1 aliphatic heterocycles. The van der Waals surface area contributed by atoms with Crippen molar-refractivity contribution in [3.63, 3.8) is 0 Å². The van der Waals surface area contributed by atoms with E-state index in [4.69, 9.17) is 5.26 Å². The number of hydrazone groups is 1. The van der Waals surface area contributed by atoms with Crippen LogP contribution in [0.2, 0.25) is 0 Å². The Kier molecular flexibility index (Phi) is 1.81. The summed E-state index contributed by atoms with van der Waals surface area (Å²) in [5, 5.41) is 12.5. The van der Waals surface area contributed by atoms with Crippen LogP contribution in [-0.2, 0) is 0 Å². The maximum Gasteiger partial charge on any atom is 0.160 e. The van der Waals surface area contributed by atoms with Crippen LogP contribution in [0.5, 0.6) is 0 Å². The van der Waals surface area contributed by atoms with Gasteiger partial charge in [0.15, 0.2) is 5.71 Å². The second-order valence-electron chi connectivity index (χ2n) is 2.64. The molecule has 2 rings (SSSR count). The Labute approximate surface area is 76.0 Å². The molecule has 62 valence electrons. The summed E-state index contributed by atoms with van der Waals surface area (Å²) in [4.78, 5) is 0. The topological polar surface area (TPSA) is 48.2 Å². The second kappa shape index (κ2) is 3.11. The molecule has 0 atom stereocenters. The molecule has 0 amide bonds. The number of rotatable bonds is 0. The van der Waals surface area contributed by atoms with Crippen molar-refractivity contribution in [1.29, 1.82) is 5.26 Å². The summed E-state index contributed by atoms with van der Waals surface area (Å²) < 4.78 is 0. The van der Waals surface area contributed by atoms with Gasteiger partial charge in [0, 0.05) is 0 Å². The van der Waals surface area contributed by atoms with E-state index in [-0.39, 0.29) is 0 Å². The van der Waals surface area contributed by atoms with Crippen LogP contribution in [0, 0.1) is 11.3 Å². The van der Waals surface area contributed by atoms with Gasteiger partial charge < -0.3 is 0 Å². The van der Waals surface area contributed by atoms with E-state index < -0.39 is 0 Å². The zero-order valence-corrected chi connectivity index (χ0v) is 6.86. The maximum atomic E-state index is 8.62. The van der Waals surface area contributed by atoms with Crippen LogP contribution in [0.4, 0.5) is 5.69 Å². The normalized spacial score (nSPS) is 13.3. The van der Waals surface area contributed by atoms with E-state index in [0.717, 1.165) is 11.3 Å².